The van der Waals surface area contributed by atoms with Crippen LogP contribution in [0.25, 0.3) is 0 Å². The number of nitrogens with zero attached hydrogens (tertiary/aromatic N) is 4. The van der Waals surface area contributed by atoms with Gasteiger partial charge in [0.1, 0.15) is 0 Å². The summed E-state index contributed by atoms with van der Waals surface area (Å²) in [6.07, 6.45) is 0.876. The van der Waals surface area contributed by atoms with Gasteiger partial charge in [-0.15, -0.1) is 5.10 Å². The smallest absolute Gasteiger partial charge is 0.267 e. The fourth-order valence-electron chi connectivity index (χ4n) is 2.15. The standard InChI is InChI=1S/C13H12N4O3/c1-8(18)6-16-7-11(14-15-16)17-12(19)9-4-2-3-5-10(9)13(17)20/h2-5,7-8,18H,6H2,1H3. The number of fused-ring (bicyclic) bond motifs is 1. The lowest BCUT2D eigenvalue weighted by atomic mass is 10.1. The van der Waals surface area contributed by atoms with E-state index in [9.17, 15) is 14.7 Å². The fourth-order valence-corrected chi connectivity index (χ4v) is 2.15. The monoisotopic (exact) mass is 272 g/mol. The van der Waals surface area contributed by atoms with Crippen molar-refractivity contribution in [2.45, 2.75) is 19.6 Å². The predicted molar refractivity (Wildman–Crippen MR) is 69.3 cm³/mol. The minimum Gasteiger partial charge on any atom is -0.391 e. The van der Waals surface area contributed by atoms with Crippen LogP contribution in [-0.2, 0) is 6.54 Å². The van der Waals surface area contributed by atoms with Gasteiger partial charge in [-0.25, -0.2) is 9.58 Å². The molecule has 0 radical (unpaired) electrons. The molecule has 1 atom stereocenters. The molecular formula is C13H12N4O3. The van der Waals surface area contributed by atoms with Gasteiger partial charge in [-0.05, 0) is 19.1 Å². The molecule has 3 rings (SSSR count). The Morgan fingerprint density at radius 1 is 1.20 bits per heavy atom. The average Bonchev–Trinajstić information content (AvgIpc) is 2.94. The first-order valence-corrected chi connectivity index (χ1v) is 6.14. The first-order chi connectivity index (χ1) is 9.58. The molecule has 7 nitrogen and oxygen atoms in total. The third-order valence-electron chi connectivity index (χ3n) is 3.00. The summed E-state index contributed by atoms with van der Waals surface area (Å²) in [7, 11) is 0. The molecule has 1 aliphatic rings. The molecule has 1 N–H and O–H groups in total. The van der Waals surface area contributed by atoms with Crippen LogP contribution in [0.3, 0.4) is 0 Å². The Morgan fingerprint density at radius 2 is 1.80 bits per heavy atom. The van der Waals surface area contributed by atoms with Crippen molar-refractivity contribution in [3.8, 4) is 0 Å². The number of carbonyl (C=O) groups is 2. The lowest BCUT2D eigenvalue weighted by Crippen LogP contribution is -2.29. The highest BCUT2D eigenvalue weighted by atomic mass is 16.3. The molecule has 20 heavy (non-hydrogen) atoms. The van der Waals surface area contributed by atoms with Gasteiger partial charge < -0.3 is 5.11 Å². The molecular weight excluding hydrogens is 260 g/mol. The maximum Gasteiger partial charge on any atom is 0.267 e. The molecule has 7 heteroatoms. The van der Waals surface area contributed by atoms with E-state index in [0.717, 1.165) is 4.90 Å². The molecule has 1 unspecified atom stereocenters. The number of amides is 2. The van der Waals surface area contributed by atoms with Gasteiger partial charge in [-0.1, -0.05) is 17.3 Å². The Kier molecular flexibility index (Phi) is 2.83. The van der Waals surface area contributed by atoms with E-state index in [1.165, 1.54) is 10.9 Å². The molecule has 2 heterocycles. The van der Waals surface area contributed by atoms with Crippen LogP contribution in [0.2, 0.25) is 0 Å². The SMILES string of the molecule is CC(O)Cn1cc(N2C(=O)c3ccccc3C2=O)nn1. The summed E-state index contributed by atoms with van der Waals surface area (Å²) in [6.45, 7) is 1.86. The quantitative estimate of drug-likeness (QED) is 0.820. The van der Waals surface area contributed by atoms with Gasteiger partial charge in [0.25, 0.3) is 11.8 Å². The third-order valence-corrected chi connectivity index (χ3v) is 3.00. The molecule has 0 saturated heterocycles. The molecule has 1 aliphatic heterocycles. The lowest BCUT2D eigenvalue weighted by Gasteiger charge is -2.08. The molecule has 0 spiro atoms. The number of hydrogen-bond donors (Lipinski definition) is 1. The van der Waals surface area contributed by atoms with Crippen LogP contribution in [-0.4, -0.2) is 38.0 Å². The Labute approximate surface area is 114 Å². The summed E-state index contributed by atoms with van der Waals surface area (Å²) in [6, 6.07) is 6.63. The molecule has 1 aromatic carbocycles. The van der Waals surface area contributed by atoms with Crippen molar-refractivity contribution in [3.05, 3.63) is 41.6 Å². The van der Waals surface area contributed by atoms with E-state index < -0.39 is 17.9 Å². The van der Waals surface area contributed by atoms with Crippen LogP contribution in [0.1, 0.15) is 27.6 Å². The van der Waals surface area contributed by atoms with Crippen LogP contribution in [0.5, 0.6) is 0 Å². The summed E-state index contributed by atoms with van der Waals surface area (Å²) in [5.41, 5.74) is 0.727. The molecule has 0 aliphatic carbocycles. The summed E-state index contributed by atoms with van der Waals surface area (Å²) >= 11 is 0. The molecule has 2 aromatic rings. The number of aliphatic hydroxyl groups excluding tert-OH is 1. The molecule has 1 aromatic heterocycles. The minimum absolute atomic E-state index is 0.164. The van der Waals surface area contributed by atoms with Crippen molar-refractivity contribution >= 4 is 17.6 Å². The zero-order valence-electron chi connectivity index (χ0n) is 10.7. The Morgan fingerprint density at radius 3 is 2.35 bits per heavy atom. The van der Waals surface area contributed by atoms with Crippen molar-refractivity contribution in [1.29, 1.82) is 0 Å². The average molecular weight is 272 g/mol. The van der Waals surface area contributed by atoms with Gasteiger partial charge in [0.05, 0.1) is 30.0 Å². The number of benzene rings is 1. The fraction of sp³-hybridized carbons (Fsp3) is 0.231. The molecule has 0 bridgehead atoms. The molecule has 0 saturated carbocycles. The zero-order valence-corrected chi connectivity index (χ0v) is 10.7. The Hall–Kier alpha value is -2.54. The number of aliphatic hydroxyl groups is 1. The van der Waals surface area contributed by atoms with E-state index in [4.69, 9.17) is 0 Å². The normalized spacial score (nSPS) is 15.6. The molecule has 0 fully saturated rings. The second-order valence-electron chi connectivity index (χ2n) is 4.64. The van der Waals surface area contributed by atoms with Gasteiger partial charge in [0, 0.05) is 0 Å². The van der Waals surface area contributed by atoms with Gasteiger partial charge in [0.2, 0.25) is 0 Å². The van der Waals surface area contributed by atoms with E-state index in [2.05, 4.69) is 10.3 Å². The first kappa shape index (κ1) is 12.5. The van der Waals surface area contributed by atoms with E-state index in [1.807, 2.05) is 0 Å². The van der Waals surface area contributed by atoms with Gasteiger partial charge in [-0.2, -0.15) is 0 Å². The van der Waals surface area contributed by atoms with Crippen molar-refractivity contribution in [2.24, 2.45) is 0 Å². The third kappa shape index (κ3) is 1.88. The van der Waals surface area contributed by atoms with E-state index >= 15 is 0 Å². The van der Waals surface area contributed by atoms with Crippen LogP contribution in [0, 0.1) is 0 Å². The minimum atomic E-state index is -0.591. The number of hydrogen-bond acceptors (Lipinski definition) is 5. The summed E-state index contributed by atoms with van der Waals surface area (Å²) < 4.78 is 1.39. The van der Waals surface area contributed by atoms with Gasteiger partial charge in [-0.3, -0.25) is 9.59 Å². The van der Waals surface area contributed by atoms with Gasteiger partial charge >= 0.3 is 0 Å². The van der Waals surface area contributed by atoms with Crippen molar-refractivity contribution in [2.75, 3.05) is 4.90 Å². The highest BCUT2D eigenvalue weighted by molar-refractivity contribution is 6.34. The number of carbonyl (C=O) groups excluding carboxylic acids is 2. The summed E-state index contributed by atoms with van der Waals surface area (Å²) in [4.78, 5) is 25.4. The van der Waals surface area contributed by atoms with E-state index in [-0.39, 0.29) is 12.4 Å². The summed E-state index contributed by atoms with van der Waals surface area (Å²) in [5.74, 6) is -0.652. The largest absolute Gasteiger partial charge is 0.391 e. The zero-order chi connectivity index (χ0) is 14.3. The van der Waals surface area contributed by atoms with Gasteiger partial charge in [0.15, 0.2) is 5.82 Å². The molecule has 102 valence electrons. The van der Waals surface area contributed by atoms with Crippen molar-refractivity contribution in [3.63, 3.8) is 0 Å². The topological polar surface area (TPSA) is 88.3 Å². The van der Waals surface area contributed by atoms with Crippen LogP contribution in [0.15, 0.2) is 30.5 Å². The Bertz CT molecular complexity index is 657. The highest BCUT2D eigenvalue weighted by Gasteiger charge is 2.37. The second-order valence-corrected chi connectivity index (χ2v) is 4.64. The summed E-state index contributed by atoms with van der Waals surface area (Å²) in [5, 5.41) is 16.9. The maximum atomic E-state index is 12.2. The number of anilines is 1. The van der Waals surface area contributed by atoms with Crippen LogP contribution >= 0.6 is 0 Å². The van der Waals surface area contributed by atoms with Crippen molar-refractivity contribution < 1.29 is 14.7 Å². The second kappa shape index (κ2) is 4.53. The Balaban J connectivity index is 1.95. The number of rotatable bonds is 3. The maximum absolute atomic E-state index is 12.2. The van der Waals surface area contributed by atoms with Crippen molar-refractivity contribution in [1.82, 2.24) is 15.0 Å². The number of aromatic nitrogens is 3. The highest BCUT2D eigenvalue weighted by Crippen LogP contribution is 2.26. The first-order valence-electron chi connectivity index (χ1n) is 6.14. The number of imide groups is 1. The predicted octanol–water partition coefficient (Wildman–Crippen LogP) is 0.460. The lowest BCUT2D eigenvalue weighted by molar-refractivity contribution is 0.0925. The molecule has 2 amide bonds. The van der Waals surface area contributed by atoms with Crippen LogP contribution < -0.4 is 4.90 Å². The van der Waals surface area contributed by atoms with E-state index in [0.29, 0.717) is 11.1 Å². The van der Waals surface area contributed by atoms with E-state index in [1.54, 1.807) is 31.2 Å². The van der Waals surface area contributed by atoms with Crippen LogP contribution in [0.4, 0.5) is 5.82 Å².